The van der Waals surface area contributed by atoms with E-state index in [1.165, 1.54) is 0 Å². The summed E-state index contributed by atoms with van der Waals surface area (Å²) in [7, 11) is 0. The van der Waals surface area contributed by atoms with Crippen molar-refractivity contribution in [3.8, 4) is 5.88 Å². The van der Waals surface area contributed by atoms with Crippen LogP contribution in [0.5, 0.6) is 5.88 Å². The molecule has 2 bridgehead atoms. The molecule has 3 aliphatic carbocycles. The van der Waals surface area contributed by atoms with Gasteiger partial charge in [-0.2, -0.15) is 0 Å². The topological polar surface area (TPSA) is 80.4 Å². The smallest absolute Gasteiger partial charge is 0.408 e. The zero-order chi connectivity index (χ0) is 17.9. The highest BCUT2D eigenvalue weighted by atomic mass is 16.6. The SMILES string of the molecule is CC(C)(C)OC(=O)NC12CC(C(=O)Oc3cc4ccccc4[nH]3)(C1)C2. The fourth-order valence-corrected chi connectivity index (χ4v) is 3.97. The number of rotatable bonds is 3. The Morgan fingerprint density at radius 1 is 1.16 bits per heavy atom. The van der Waals surface area contributed by atoms with Gasteiger partial charge in [-0.3, -0.25) is 4.79 Å². The second-order valence-corrected chi connectivity index (χ2v) is 8.33. The van der Waals surface area contributed by atoms with E-state index in [4.69, 9.17) is 9.47 Å². The van der Waals surface area contributed by atoms with Gasteiger partial charge >= 0.3 is 12.1 Å². The molecule has 5 rings (SSSR count). The fourth-order valence-electron chi connectivity index (χ4n) is 3.97. The lowest BCUT2D eigenvalue weighted by Gasteiger charge is -2.67. The lowest BCUT2D eigenvalue weighted by Crippen LogP contribution is -2.77. The maximum absolute atomic E-state index is 12.5. The molecule has 1 aromatic carbocycles. The van der Waals surface area contributed by atoms with Crippen LogP contribution in [0.3, 0.4) is 0 Å². The van der Waals surface area contributed by atoms with Crippen LogP contribution in [0.2, 0.25) is 0 Å². The van der Waals surface area contributed by atoms with Crippen molar-refractivity contribution in [1.29, 1.82) is 0 Å². The number of ether oxygens (including phenoxy) is 2. The number of nitrogens with one attached hydrogen (secondary N) is 2. The summed E-state index contributed by atoms with van der Waals surface area (Å²) in [6.45, 7) is 5.48. The van der Waals surface area contributed by atoms with Gasteiger partial charge in [0.05, 0.1) is 5.41 Å². The van der Waals surface area contributed by atoms with Crippen LogP contribution in [-0.4, -0.2) is 28.2 Å². The number of amides is 1. The highest BCUT2D eigenvalue weighted by molar-refractivity contribution is 5.87. The van der Waals surface area contributed by atoms with Crippen molar-refractivity contribution in [3.63, 3.8) is 0 Å². The molecule has 3 fully saturated rings. The normalized spacial score (nSPS) is 27.2. The first kappa shape index (κ1) is 16.0. The summed E-state index contributed by atoms with van der Waals surface area (Å²) in [5, 5.41) is 3.91. The van der Waals surface area contributed by atoms with Gasteiger partial charge in [-0.15, -0.1) is 0 Å². The van der Waals surface area contributed by atoms with Crippen molar-refractivity contribution in [3.05, 3.63) is 30.3 Å². The van der Waals surface area contributed by atoms with E-state index in [2.05, 4.69) is 10.3 Å². The minimum Gasteiger partial charge on any atom is -0.444 e. The first-order chi connectivity index (χ1) is 11.7. The Morgan fingerprint density at radius 2 is 1.84 bits per heavy atom. The number of H-pyrrole nitrogens is 1. The van der Waals surface area contributed by atoms with Crippen LogP contribution in [0.1, 0.15) is 40.0 Å². The standard InChI is InChI=1S/C19H22N2O4/c1-17(2,3)25-16(23)21-19-9-18(10-19,11-19)15(22)24-14-8-12-6-4-5-7-13(12)20-14/h4-8,20H,9-11H2,1-3H3,(H,21,23). The molecule has 2 N–H and O–H groups in total. The van der Waals surface area contributed by atoms with Crippen LogP contribution in [0.15, 0.2) is 30.3 Å². The lowest BCUT2D eigenvalue weighted by molar-refractivity contribution is -0.194. The number of benzene rings is 1. The van der Waals surface area contributed by atoms with Gasteiger partial charge in [0.25, 0.3) is 0 Å². The first-order valence-corrected chi connectivity index (χ1v) is 8.50. The monoisotopic (exact) mass is 342 g/mol. The third kappa shape index (κ3) is 2.75. The molecule has 3 aliphatic rings. The van der Waals surface area contributed by atoms with E-state index in [1.807, 2.05) is 51.1 Å². The van der Waals surface area contributed by atoms with Crippen LogP contribution < -0.4 is 10.1 Å². The van der Waals surface area contributed by atoms with Gasteiger partial charge in [-0.25, -0.2) is 4.79 Å². The number of esters is 1. The van der Waals surface area contributed by atoms with E-state index in [0.29, 0.717) is 25.1 Å². The molecule has 0 radical (unpaired) electrons. The maximum atomic E-state index is 12.5. The molecule has 0 aliphatic heterocycles. The number of aromatic nitrogens is 1. The average Bonchev–Trinajstić information content (AvgIpc) is 2.81. The molecule has 1 heterocycles. The molecule has 6 nitrogen and oxygen atoms in total. The van der Waals surface area contributed by atoms with Gasteiger partial charge in [-0.05, 0) is 46.1 Å². The first-order valence-electron chi connectivity index (χ1n) is 8.50. The third-order valence-electron chi connectivity index (χ3n) is 4.94. The Balaban J connectivity index is 1.34. The number of carbonyl (C=O) groups excluding carboxylic acids is 2. The minimum absolute atomic E-state index is 0.230. The van der Waals surface area contributed by atoms with Gasteiger partial charge < -0.3 is 19.8 Å². The minimum atomic E-state index is -0.528. The molecule has 132 valence electrons. The van der Waals surface area contributed by atoms with Crippen molar-refractivity contribution in [2.75, 3.05) is 0 Å². The zero-order valence-corrected chi connectivity index (χ0v) is 14.6. The van der Waals surface area contributed by atoms with Crippen molar-refractivity contribution >= 4 is 23.0 Å². The highest BCUT2D eigenvalue weighted by Crippen LogP contribution is 2.67. The molecule has 25 heavy (non-hydrogen) atoms. The van der Waals surface area contributed by atoms with Gasteiger partial charge in [0.15, 0.2) is 0 Å². The Hall–Kier alpha value is -2.50. The van der Waals surface area contributed by atoms with Crippen LogP contribution in [0, 0.1) is 5.41 Å². The Kier molecular flexibility index (Phi) is 3.20. The molecule has 0 saturated heterocycles. The number of hydrogen-bond donors (Lipinski definition) is 2. The molecule has 0 spiro atoms. The Bertz CT molecular complexity index is 809. The molecule has 0 unspecified atom stereocenters. The molecule has 2 aromatic rings. The summed E-state index contributed by atoms with van der Waals surface area (Å²) < 4.78 is 10.8. The van der Waals surface area contributed by atoms with Crippen LogP contribution >= 0.6 is 0 Å². The molecule has 1 amide bonds. The third-order valence-corrected chi connectivity index (χ3v) is 4.94. The Labute approximate surface area is 145 Å². The lowest BCUT2D eigenvalue weighted by atomic mass is 9.39. The van der Waals surface area contributed by atoms with E-state index in [1.54, 1.807) is 0 Å². The van der Waals surface area contributed by atoms with Crippen molar-refractivity contribution < 1.29 is 19.1 Å². The Morgan fingerprint density at radius 3 is 2.48 bits per heavy atom. The average molecular weight is 342 g/mol. The number of hydrogen-bond acceptors (Lipinski definition) is 4. The van der Waals surface area contributed by atoms with Crippen LogP contribution in [0.4, 0.5) is 4.79 Å². The largest absolute Gasteiger partial charge is 0.444 e. The summed E-state index contributed by atoms with van der Waals surface area (Å²) in [6.07, 6.45) is 1.40. The van der Waals surface area contributed by atoms with E-state index in [-0.39, 0.29) is 11.5 Å². The fraction of sp³-hybridized carbons (Fsp3) is 0.474. The van der Waals surface area contributed by atoms with Crippen molar-refractivity contribution in [2.45, 2.75) is 51.2 Å². The highest BCUT2D eigenvalue weighted by Gasteiger charge is 2.73. The zero-order valence-electron chi connectivity index (χ0n) is 14.6. The second-order valence-electron chi connectivity index (χ2n) is 8.33. The number of carbonyl (C=O) groups is 2. The molecule has 3 saturated carbocycles. The molecule has 0 atom stereocenters. The van der Waals surface area contributed by atoms with Crippen molar-refractivity contribution in [2.24, 2.45) is 5.41 Å². The number of fused-ring (bicyclic) bond motifs is 1. The van der Waals surface area contributed by atoms with Gasteiger partial charge in [0.1, 0.15) is 5.60 Å². The quantitative estimate of drug-likeness (QED) is 0.836. The summed E-state index contributed by atoms with van der Waals surface area (Å²) in [5.41, 5.74) is -0.362. The number of aromatic amines is 1. The summed E-state index contributed by atoms with van der Waals surface area (Å²) in [6, 6.07) is 9.59. The second kappa shape index (κ2) is 5.00. The van der Waals surface area contributed by atoms with E-state index < -0.39 is 17.1 Å². The predicted molar refractivity (Wildman–Crippen MR) is 92.3 cm³/mol. The molecular formula is C19H22N2O4. The van der Waals surface area contributed by atoms with Gasteiger partial charge in [0.2, 0.25) is 5.88 Å². The predicted octanol–water partition coefficient (Wildman–Crippen LogP) is 3.52. The number of para-hydroxylation sites is 1. The van der Waals surface area contributed by atoms with Crippen LogP contribution in [-0.2, 0) is 9.53 Å². The summed E-state index contributed by atoms with van der Waals surface area (Å²) in [4.78, 5) is 27.5. The van der Waals surface area contributed by atoms with Crippen LogP contribution in [0.25, 0.3) is 10.9 Å². The van der Waals surface area contributed by atoms with E-state index in [9.17, 15) is 9.59 Å². The molecule has 6 heteroatoms. The summed E-state index contributed by atoms with van der Waals surface area (Å²) in [5.74, 6) is 0.233. The molecular weight excluding hydrogens is 320 g/mol. The number of alkyl carbamates (subject to hydrolysis) is 1. The maximum Gasteiger partial charge on any atom is 0.408 e. The van der Waals surface area contributed by atoms with Gasteiger partial charge in [0, 0.05) is 22.5 Å². The van der Waals surface area contributed by atoms with Gasteiger partial charge in [-0.1, -0.05) is 18.2 Å². The molecule has 1 aromatic heterocycles. The summed E-state index contributed by atoms with van der Waals surface area (Å²) >= 11 is 0. The van der Waals surface area contributed by atoms with Crippen molar-refractivity contribution in [1.82, 2.24) is 10.3 Å². The van der Waals surface area contributed by atoms with E-state index in [0.717, 1.165) is 10.9 Å². The van der Waals surface area contributed by atoms with E-state index >= 15 is 0 Å².